The Morgan fingerprint density at radius 1 is 1.11 bits per heavy atom. The van der Waals surface area contributed by atoms with E-state index in [4.69, 9.17) is 26.2 Å². The van der Waals surface area contributed by atoms with Crippen LogP contribution in [0.3, 0.4) is 0 Å². The number of hydrogen-bond acceptors (Lipinski definition) is 7. The number of ether oxygens (including phenoxy) is 2. The lowest BCUT2D eigenvalue weighted by atomic mass is 9.92. The summed E-state index contributed by atoms with van der Waals surface area (Å²) in [6.45, 7) is 3.27. The highest BCUT2D eigenvalue weighted by Crippen LogP contribution is 2.46. The number of nitrogens with one attached hydrogen (secondary N) is 2. The highest BCUT2D eigenvalue weighted by molar-refractivity contribution is 6.19. The van der Waals surface area contributed by atoms with E-state index < -0.39 is 0 Å². The summed E-state index contributed by atoms with van der Waals surface area (Å²) in [6.07, 6.45) is 1.52. The van der Waals surface area contributed by atoms with Gasteiger partial charge in [-0.15, -0.1) is 11.6 Å². The summed E-state index contributed by atoms with van der Waals surface area (Å²) in [4.78, 5) is 35.9. The van der Waals surface area contributed by atoms with Crippen molar-refractivity contribution in [3.63, 3.8) is 0 Å². The largest absolute Gasteiger partial charge is 0.507 e. The molecular weight excluding hydrogens is 584 g/mol. The number of nitrogens with zero attached hydrogens (tertiary/aromatic N) is 2. The summed E-state index contributed by atoms with van der Waals surface area (Å²) in [7, 11) is 0. The van der Waals surface area contributed by atoms with Gasteiger partial charge in [0.15, 0.2) is 0 Å². The Bertz CT molecular complexity index is 1860. The maximum absolute atomic E-state index is 13.8. The van der Waals surface area contributed by atoms with Gasteiger partial charge < -0.3 is 34.9 Å². The molecule has 0 saturated carbocycles. The van der Waals surface area contributed by atoms with Crippen molar-refractivity contribution in [1.82, 2.24) is 9.97 Å². The number of aliphatic hydroxyl groups is 1. The van der Waals surface area contributed by atoms with Crippen molar-refractivity contribution in [3.05, 3.63) is 89.2 Å². The number of amides is 2. The molecule has 2 amide bonds. The van der Waals surface area contributed by atoms with Gasteiger partial charge in [0.05, 0.1) is 37.4 Å². The zero-order valence-electron chi connectivity index (χ0n) is 24.0. The lowest BCUT2D eigenvalue weighted by Gasteiger charge is -2.18. The minimum Gasteiger partial charge on any atom is -0.507 e. The Balaban J connectivity index is 1.18. The third kappa shape index (κ3) is 5.67. The van der Waals surface area contributed by atoms with Crippen molar-refractivity contribution in [3.8, 4) is 11.5 Å². The first kappa shape index (κ1) is 29.4. The number of carbonyl (C=O) groups excluding carboxylic acids is 2. The summed E-state index contributed by atoms with van der Waals surface area (Å²) in [5, 5.41) is 24.7. The number of aromatic nitrogens is 2. The molecule has 0 bridgehead atoms. The van der Waals surface area contributed by atoms with Crippen LogP contribution in [0.2, 0.25) is 0 Å². The predicted octanol–water partition coefficient (Wildman–Crippen LogP) is 5.35. The minimum atomic E-state index is -0.320. The fraction of sp³-hybridized carbons (Fsp3) is 0.242. The maximum Gasteiger partial charge on any atom is 0.274 e. The number of fused-ring (bicyclic) bond motifs is 4. The van der Waals surface area contributed by atoms with Crippen LogP contribution in [0.4, 0.5) is 11.4 Å². The third-order valence-electron chi connectivity index (χ3n) is 7.71. The number of benzene rings is 3. The Hall–Kier alpha value is -4.64. The van der Waals surface area contributed by atoms with Crippen LogP contribution in [0.15, 0.2) is 66.9 Å². The second-order valence-corrected chi connectivity index (χ2v) is 10.9. The van der Waals surface area contributed by atoms with E-state index in [1.165, 1.54) is 6.20 Å². The normalized spacial score (nSPS) is 14.2. The van der Waals surface area contributed by atoms with Crippen molar-refractivity contribution in [1.29, 1.82) is 0 Å². The van der Waals surface area contributed by atoms with Crippen molar-refractivity contribution in [2.45, 2.75) is 12.8 Å². The highest BCUT2D eigenvalue weighted by Gasteiger charge is 2.35. The molecule has 11 heteroatoms. The molecule has 226 valence electrons. The van der Waals surface area contributed by atoms with Gasteiger partial charge in [0.25, 0.3) is 11.8 Å². The molecular formula is C33H31ClN4O6. The molecule has 3 aromatic carbocycles. The first-order valence-electron chi connectivity index (χ1n) is 14.2. The number of phenolic OH excluding ortho intramolecular Hbond substituents is 1. The molecule has 10 nitrogen and oxygen atoms in total. The number of aromatic amines is 1. The molecule has 0 spiro atoms. The molecule has 2 aromatic heterocycles. The number of rotatable bonds is 10. The Kier molecular flexibility index (Phi) is 8.38. The molecule has 5 aromatic rings. The van der Waals surface area contributed by atoms with E-state index in [1.54, 1.807) is 47.4 Å². The van der Waals surface area contributed by atoms with Crippen molar-refractivity contribution in [2.24, 2.45) is 0 Å². The van der Waals surface area contributed by atoms with E-state index in [0.29, 0.717) is 65.1 Å². The fourth-order valence-electron chi connectivity index (χ4n) is 5.65. The Morgan fingerprint density at radius 2 is 1.93 bits per heavy atom. The summed E-state index contributed by atoms with van der Waals surface area (Å²) in [5.41, 5.74) is 4.36. The number of carbonyl (C=O) groups is 2. The minimum absolute atomic E-state index is 0.0393. The molecule has 0 fully saturated rings. The molecule has 1 aliphatic rings. The van der Waals surface area contributed by atoms with Gasteiger partial charge in [0.1, 0.15) is 29.4 Å². The number of aliphatic hydroxyl groups excluding tert-OH is 1. The van der Waals surface area contributed by atoms with Gasteiger partial charge in [-0.25, -0.2) is 4.98 Å². The molecule has 4 N–H and O–H groups in total. The van der Waals surface area contributed by atoms with Crippen LogP contribution in [0.5, 0.6) is 11.5 Å². The number of aromatic hydroxyl groups is 1. The standard InChI is InChI=1S/C33H31ClN4O6/c1-19-3-2-4-25-28(40)15-27-30(29(19)25)22(16-34)18-38(27)33(42)26-14-21-13-23(17-35-31(21)37-26)36-32(41)20-5-7-24(8-6-20)44-12-11-43-10-9-39/h2-8,13-15,17,22,39-40H,9-12,16,18H2,1H3,(H,35,37)(H,36,41)/t22-/m1/s1. The fourth-order valence-corrected chi connectivity index (χ4v) is 5.90. The summed E-state index contributed by atoms with van der Waals surface area (Å²) < 4.78 is 10.7. The number of aryl methyl sites for hydroxylation is 1. The monoisotopic (exact) mass is 614 g/mol. The van der Waals surface area contributed by atoms with Crippen LogP contribution >= 0.6 is 11.6 Å². The van der Waals surface area contributed by atoms with Crippen LogP contribution in [0, 0.1) is 6.92 Å². The average Bonchev–Trinajstić information content (AvgIpc) is 3.62. The number of halogens is 1. The molecule has 0 aliphatic carbocycles. The van der Waals surface area contributed by atoms with Crippen LogP contribution in [-0.4, -0.2) is 70.8 Å². The number of anilines is 2. The second kappa shape index (κ2) is 12.5. The third-order valence-corrected chi connectivity index (χ3v) is 8.08. The van der Waals surface area contributed by atoms with Gasteiger partial charge in [0.2, 0.25) is 0 Å². The van der Waals surface area contributed by atoms with Crippen LogP contribution in [0.25, 0.3) is 21.8 Å². The van der Waals surface area contributed by atoms with E-state index in [-0.39, 0.29) is 36.7 Å². The quantitative estimate of drug-likeness (QED) is 0.123. The highest BCUT2D eigenvalue weighted by atomic mass is 35.5. The predicted molar refractivity (Wildman–Crippen MR) is 169 cm³/mol. The topological polar surface area (TPSA) is 137 Å². The van der Waals surface area contributed by atoms with Crippen LogP contribution < -0.4 is 15.0 Å². The zero-order chi connectivity index (χ0) is 30.8. The van der Waals surface area contributed by atoms with Gasteiger partial charge >= 0.3 is 0 Å². The smallest absolute Gasteiger partial charge is 0.274 e. The van der Waals surface area contributed by atoms with E-state index in [9.17, 15) is 14.7 Å². The van der Waals surface area contributed by atoms with Crippen molar-refractivity contribution >= 4 is 56.6 Å². The second-order valence-electron chi connectivity index (χ2n) is 10.6. The molecule has 6 rings (SSSR count). The van der Waals surface area contributed by atoms with E-state index in [2.05, 4.69) is 15.3 Å². The molecule has 44 heavy (non-hydrogen) atoms. The molecule has 0 radical (unpaired) electrons. The lowest BCUT2D eigenvalue weighted by molar-refractivity contribution is 0.0705. The van der Waals surface area contributed by atoms with Gasteiger partial charge in [0, 0.05) is 40.7 Å². The number of alkyl halides is 1. The zero-order valence-corrected chi connectivity index (χ0v) is 24.7. The van der Waals surface area contributed by atoms with Gasteiger partial charge in [-0.1, -0.05) is 18.2 Å². The SMILES string of the molecule is Cc1cccc2c(O)cc3c(c12)[C@H](CCl)CN3C(=O)c1cc2cc(NC(=O)c3ccc(OCCOCCO)cc3)cnc2[nH]1. The average molecular weight is 615 g/mol. The Morgan fingerprint density at radius 3 is 2.70 bits per heavy atom. The van der Waals surface area contributed by atoms with Gasteiger partial charge in [-0.3, -0.25) is 9.59 Å². The van der Waals surface area contributed by atoms with Gasteiger partial charge in [-0.2, -0.15) is 0 Å². The summed E-state index contributed by atoms with van der Waals surface area (Å²) in [6, 6.07) is 17.6. The molecule has 1 atom stereocenters. The summed E-state index contributed by atoms with van der Waals surface area (Å²) >= 11 is 6.38. The molecule has 0 unspecified atom stereocenters. The first-order chi connectivity index (χ1) is 21.4. The maximum atomic E-state index is 13.8. The van der Waals surface area contributed by atoms with Crippen LogP contribution in [-0.2, 0) is 4.74 Å². The number of hydrogen-bond donors (Lipinski definition) is 4. The summed E-state index contributed by atoms with van der Waals surface area (Å²) in [5.74, 6) is 0.364. The molecule has 0 saturated heterocycles. The molecule has 1 aliphatic heterocycles. The number of pyridine rings is 1. The van der Waals surface area contributed by atoms with E-state index in [1.807, 2.05) is 25.1 Å². The van der Waals surface area contributed by atoms with Crippen LogP contribution in [0.1, 0.15) is 37.9 Å². The number of H-pyrrole nitrogens is 1. The van der Waals surface area contributed by atoms with Crippen molar-refractivity contribution in [2.75, 3.05) is 49.1 Å². The van der Waals surface area contributed by atoms with Crippen molar-refractivity contribution < 1.29 is 29.3 Å². The lowest BCUT2D eigenvalue weighted by Crippen LogP contribution is -2.30. The molecule has 3 heterocycles. The van der Waals surface area contributed by atoms with E-state index >= 15 is 0 Å². The number of phenols is 1. The Labute approximate surface area is 258 Å². The van der Waals surface area contributed by atoms with E-state index in [0.717, 1.165) is 21.9 Å². The first-order valence-corrected chi connectivity index (χ1v) is 14.8. The van der Waals surface area contributed by atoms with Gasteiger partial charge in [-0.05, 0) is 59.8 Å².